The van der Waals surface area contributed by atoms with Crippen molar-refractivity contribution in [2.45, 2.75) is 45.3 Å². The SMILES string of the molecule is C=C(COC)OC1CC2(C1)CN(C(C)(C)C(C)COC)C2. The van der Waals surface area contributed by atoms with Crippen LogP contribution >= 0.6 is 0 Å². The van der Waals surface area contributed by atoms with Gasteiger partial charge in [0.1, 0.15) is 12.4 Å². The van der Waals surface area contributed by atoms with Crippen molar-refractivity contribution < 1.29 is 14.2 Å². The molecule has 1 unspecified atom stereocenters. The summed E-state index contributed by atoms with van der Waals surface area (Å²) >= 11 is 0. The fourth-order valence-electron chi connectivity index (χ4n) is 3.61. The summed E-state index contributed by atoms with van der Waals surface area (Å²) in [5.74, 6) is 1.29. The molecule has 4 heteroatoms. The maximum atomic E-state index is 5.81. The first-order valence-electron chi connectivity index (χ1n) is 7.90. The number of hydrogen-bond acceptors (Lipinski definition) is 4. The van der Waals surface area contributed by atoms with Gasteiger partial charge in [0.05, 0.1) is 12.7 Å². The Morgan fingerprint density at radius 3 is 2.43 bits per heavy atom. The van der Waals surface area contributed by atoms with Crippen molar-refractivity contribution in [1.29, 1.82) is 0 Å². The van der Waals surface area contributed by atoms with Gasteiger partial charge in [0, 0.05) is 38.3 Å². The third-order valence-corrected chi connectivity index (χ3v) is 5.45. The minimum Gasteiger partial charge on any atom is -0.493 e. The zero-order valence-corrected chi connectivity index (χ0v) is 14.3. The molecule has 2 fully saturated rings. The van der Waals surface area contributed by atoms with E-state index in [0.717, 1.165) is 25.2 Å². The second-order valence-corrected chi connectivity index (χ2v) is 7.49. The average molecular weight is 297 g/mol. The molecule has 2 rings (SSSR count). The second-order valence-electron chi connectivity index (χ2n) is 7.49. The van der Waals surface area contributed by atoms with E-state index in [0.29, 0.717) is 24.0 Å². The fourth-order valence-corrected chi connectivity index (χ4v) is 3.61. The molecule has 0 amide bonds. The highest BCUT2D eigenvalue weighted by molar-refractivity contribution is 5.09. The second kappa shape index (κ2) is 6.27. The van der Waals surface area contributed by atoms with Crippen LogP contribution in [-0.2, 0) is 14.2 Å². The minimum absolute atomic E-state index is 0.201. The normalized spacial score (nSPS) is 23.5. The van der Waals surface area contributed by atoms with E-state index in [1.807, 2.05) is 0 Å². The average Bonchev–Trinajstić information content (AvgIpc) is 2.30. The van der Waals surface area contributed by atoms with E-state index >= 15 is 0 Å². The van der Waals surface area contributed by atoms with E-state index in [2.05, 4.69) is 32.3 Å². The van der Waals surface area contributed by atoms with Crippen LogP contribution in [-0.4, -0.2) is 57.1 Å². The highest BCUT2D eigenvalue weighted by atomic mass is 16.5. The molecule has 1 heterocycles. The molecule has 0 radical (unpaired) electrons. The van der Waals surface area contributed by atoms with E-state index in [-0.39, 0.29) is 5.54 Å². The van der Waals surface area contributed by atoms with Crippen molar-refractivity contribution in [3.05, 3.63) is 12.3 Å². The zero-order chi connectivity index (χ0) is 15.7. The third kappa shape index (κ3) is 3.43. The van der Waals surface area contributed by atoms with Gasteiger partial charge in [0.2, 0.25) is 0 Å². The van der Waals surface area contributed by atoms with E-state index < -0.39 is 0 Å². The molecule has 1 spiro atoms. The number of rotatable bonds is 8. The van der Waals surface area contributed by atoms with Crippen LogP contribution in [0.4, 0.5) is 0 Å². The van der Waals surface area contributed by atoms with E-state index in [9.17, 15) is 0 Å². The van der Waals surface area contributed by atoms with Crippen molar-refractivity contribution in [3.8, 4) is 0 Å². The Morgan fingerprint density at radius 2 is 1.90 bits per heavy atom. The quantitative estimate of drug-likeness (QED) is 0.645. The van der Waals surface area contributed by atoms with Crippen LogP contribution in [0, 0.1) is 11.3 Å². The molecule has 0 bridgehead atoms. The van der Waals surface area contributed by atoms with Crippen molar-refractivity contribution >= 4 is 0 Å². The summed E-state index contributed by atoms with van der Waals surface area (Å²) < 4.78 is 16.2. The summed E-state index contributed by atoms with van der Waals surface area (Å²) in [6.07, 6.45) is 2.65. The topological polar surface area (TPSA) is 30.9 Å². The van der Waals surface area contributed by atoms with Crippen molar-refractivity contribution in [3.63, 3.8) is 0 Å². The van der Waals surface area contributed by atoms with Crippen molar-refractivity contribution in [2.24, 2.45) is 11.3 Å². The fraction of sp³-hybridized carbons (Fsp3) is 0.882. The summed E-state index contributed by atoms with van der Waals surface area (Å²) in [4.78, 5) is 2.59. The van der Waals surface area contributed by atoms with E-state index in [1.165, 1.54) is 13.1 Å². The van der Waals surface area contributed by atoms with Gasteiger partial charge in [-0.1, -0.05) is 13.5 Å². The highest BCUT2D eigenvalue weighted by Gasteiger charge is 2.56. The molecule has 0 aromatic rings. The molecule has 122 valence electrons. The minimum atomic E-state index is 0.201. The third-order valence-electron chi connectivity index (χ3n) is 5.45. The smallest absolute Gasteiger partial charge is 0.115 e. The van der Waals surface area contributed by atoms with Gasteiger partial charge in [0.15, 0.2) is 0 Å². The lowest BCUT2D eigenvalue weighted by molar-refractivity contribution is -0.175. The first kappa shape index (κ1) is 16.8. The van der Waals surface area contributed by atoms with Gasteiger partial charge < -0.3 is 14.2 Å². The van der Waals surface area contributed by atoms with E-state index in [1.54, 1.807) is 14.2 Å². The zero-order valence-electron chi connectivity index (χ0n) is 14.3. The molecule has 1 saturated heterocycles. The lowest BCUT2D eigenvalue weighted by Gasteiger charge is -2.63. The van der Waals surface area contributed by atoms with Gasteiger partial charge in [-0.15, -0.1) is 0 Å². The predicted molar refractivity (Wildman–Crippen MR) is 84.2 cm³/mol. The Labute approximate surface area is 129 Å². The monoisotopic (exact) mass is 297 g/mol. The summed E-state index contributed by atoms with van der Waals surface area (Å²) in [7, 11) is 3.45. The Kier molecular flexibility index (Phi) is 5.01. The Hall–Kier alpha value is -0.580. The molecule has 4 nitrogen and oxygen atoms in total. The molecule has 1 saturated carbocycles. The van der Waals surface area contributed by atoms with Gasteiger partial charge in [-0.05, 0) is 32.6 Å². The first-order chi connectivity index (χ1) is 9.83. The van der Waals surface area contributed by atoms with Crippen LogP contribution in [0.25, 0.3) is 0 Å². The highest BCUT2D eigenvalue weighted by Crippen LogP contribution is 2.52. The summed E-state index contributed by atoms with van der Waals surface area (Å²) in [6.45, 7) is 14.5. The molecular weight excluding hydrogens is 266 g/mol. The predicted octanol–water partition coefficient (Wildman–Crippen LogP) is 2.69. The molecule has 0 aromatic heterocycles. The van der Waals surface area contributed by atoms with Crippen molar-refractivity contribution in [2.75, 3.05) is 40.5 Å². The van der Waals surface area contributed by atoms with E-state index in [4.69, 9.17) is 14.2 Å². The molecule has 2 aliphatic rings. The summed E-state index contributed by atoms with van der Waals surface area (Å²) in [5, 5.41) is 0. The van der Waals surface area contributed by atoms with Crippen LogP contribution in [0.5, 0.6) is 0 Å². The first-order valence-corrected chi connectivity index (χ1v) is 7.90. The molecule has 1 aliphatic heterocycles. The number of likely N-dealkylation sites (tertiary alicyclic amines) is 1. The lowest BCUT2D eigenvalue weighted by atomic mass is 9.60. The number of nitrogens with zero attached hydrogens (tertiary/aromatic N) is 1. The molecule has 21 heavy (non-hydrogen) atoms. The summed E-state index contributed by atoms with van der Waals surface area (Å²) in [5.41, 5.74) is 0.689. The Bertz CT molecular complexity index is 366. The summed E-state index contributed by atoms with van der Waals surface area (Å²) in [6, 6.07) is 0. The van der Waals surface area contributed by atoms with Crippen LogP contribution < -0.4 is 0 Å². The van der Waals surface area contributed by atoms with Crippen LogP contribution in [0.15, 0.2) is 12.3 Å². The molecule has 0 N–H and O–H groups in total. The van der Waals surface area contributed by atoms with Gasteiger partial charge in [-0.2, -0.15) is 0 Å². The van der Waals surface area contributed by atoms with Crippen LogP contribution in [0.2, 0.25) is 0 Å². The van der Waals surface area contributed by atoms with Gasteiger partial charge >= 0.3 is 0 Å². The molecule has 0 aromatic carbocycles. The molecule has 1 atom stereocenters. The maximum Gasteiger partial charge on any atom is 0.115 e. The number of methoxy groups -OCH3 is 2. The Balaban J connectivity index is 1.74. The van der Waals surface area contributed by atoms with Crippen LogP contribution in [0.3, 0.4) is 0 Å². The van der Waals surface area contributed by atoms with Gasteiger partial charge in [-0.25, -0.2) is 0 Å². The van der Waals surface area contributed by atoms with Crippen LogP contribution in [0.1, 0.15) is 33.6 Å². The lowest BCUT2D eigenvalue weighted by Crippen LogP contribution is -2.70. The molecular formula is C17H31NO3. The largest absolute Gasteiger partial charge is 0.493 e. The van der Waals surface area contributed by atoms with Gasteiger partial charge in [-0.3, -0.25) is 4.90 Å². The standard InChI is InChI=1S/C17H31NO3/c1-13(9-19-5)16(3,4)18-11-17(12-18)7-15(8-17)21-14(2)10-20-6/h13,15H,2,7-12H2,1,3-6H3. The molecule has 1 aliphatic carbocycles. The number of ether oxygens (including phenoxy) is 3. The number of hydrogen-bond donors (Lipinski definition) is 0. The van der Waals surface area contributed by atoms with Gasteiger partial charge in [0.25, 0.3) is 0 Å². The Morgan fingerprint density at radius 1 is 1.29 bits per heavy atom. The van der Waals surface area contributed by atoms with Crippen molar-refractivity contribution in [1.82, 2.24) is 4.90 Å². The maximum absolute atomic E-state index is 5.81.